The average Bonchev–Trinajstić information content (AvgIpc) is 2.65. The van der Waals surface area contributed by atoms with Crippen molar-refractivity contribution in [3.8, 4) is 17.2 Å². The van der Waals surface area contributed by atoms with Crippen LogP contribution >= 0.6 is 11.6 Å². The Morgan fingerprint density at radius 1 is 1.07 bits per heavy atom. The van der Waals surface area contributed by atoms with Crippen LogP contribution in [0.1, 0.15) is 20.8 Å². The molecule has 1 atom stereocenters. The molecule has 3 rings (SSSR count). The Morgan fingerprint density at radius 2 is 1.82 bits per heavy atom. The summed E-state index contributed by atoms with van der Waals surface area (Å²) in [5.41, 5.74) is -0.0431. The predicted octanol–water partition coefficient (Wildman–Crippen LogP) is 4.96. The van der Waals surface area contributed by atoms with Crippen molar-refractivity contribution in [2.75, 3.05) is 0 Å². The molecule has 28 heavy (non-hydrogen) atoms. The van der Waals surface area contributed by atoms with Crippen LogP contribution in [0.15, 0.2) is 57.9 Å². The minimum absolute atomic E-state index is 0.0168. The SMILES string of the molecule is CC(C)OC(=O)[C@H](C)Oc1ccc2c(=O)c(Oc3ccccc3Cl)coc2c1. The zero-order valence-electron chi connectivity index (χ0n) is 15.6. The maximum Gasteiger partial charge on any atom is 0.347 e. The van der Waals surface area contributed by atoms with Gasteiger partial charge in [0.25, 0.3) is 0 Å². The summed E-state index contributed by atoms with van der Waals surface area (Å²) in [4.78, 5) is 24.5. The molecule has 2 aromatic carbocycles. The summed E-state index contributed by atoms with van der Waals surface area (Å²) in [5.74, 6) is 0.278. The molecule has 6 nitrogen and oxygen atoms in total. The first-order chi connectivity index (χ1) is 13.3. The molecule has 0 radical (unpaired) electrons. The number of esters is 1. The lowest BCUT2D eigenvalue weighted by Gasteiger charge is -2.16. The van der Waals surface area contributed by atoms with Crippen molar-refractivity contribution in [3.63, 3.8) is 0 Å². The molecule has 0 aliphatic rings. The van der Waals surface area contributed by atoms with Gasteiger partial charge < -0.3 is 18.6 Å². The highest BCUT2D eigenvalue weighted by Gasteiger charge is 2.18. The van der Waals surface area contributed by atoms with E-state index in [9.17, 15) is 9.59 Å². The van der Waals surface area contributed by atoms with Crippen LogP contribution in [0.4, 0.5) is 0 Å². The van der Waals surface area contributed by atoms with Gasteiger partial charge in [0.1, 0.15) is 23.3 Å². The summed E-state index contributed by atoms with van der Waals surface area (Å²) in [5, 5.41) is 0.697. The van der Waals surface area contributed by atoms with E-state index in [1.807, 2.05) is 0 Å². The van der Waals surface area contributed by atoms with Crippen molar-refractivity contribution < 1.29 is 23.4 Å². The Hall–Kier alpha value is -2.99. The molecule has 1 aromatic heterocycles. The average molecular weight is 403 g/mol. The number of carbonyl (C=O) groups is 1. The predicted molar refractivity (Wildman–Crippen MR) is 105 cm³/mol. The maximum absolute atomic E-state index is 12.7. The number of carbonyl (C=O) groups excluding carboxylic acids is 1. The Kier molecular flexibility index (Phi) is 5.90. The molecule has 0 unspecified atom stereocenters. The normalized spacial score (nSPS) is 12.0. The van der Waals surface area contributed by atoms with Gasteiger partial charge in [-0.3, -0.25) is 4.79 Å². The Bertz CT molecular complexity index is 1060. The van der Waals surface area contributed by atoms with E-state index in [0.717, 1.165) is 0 Å². The van der Waals surface area contributed by atoms with Crippen LogP contribution in [0.25, 0.3) is 11.0 Å². The largest absolute Gasteiger partial charge is 0.479 e. The van der Waals surface area contributed by atoms with Crippen LogP contribution < -0.4 is 14.9 Å². The van der Waals surface area contributed by atoms with Gasteiger partial charge in [-0.15, -0.1) is 0 Å². The molecule has 0 N–H and O–H groups in total. The van der Waals surface area contributed by atoms with Gasteiger partial charge in [-0.25, -0.2) is 4.79 Å². The van der Waals surface area contributed by atoms with Gasteiger partial charge in [0.05, 0.1) is 16.5 Å². The molecule has 0 amide bonds. The number of hydrogen-bond donors (Lipinski definition) is 0. The quantitative estimate of drug-likeness (QED) is 0.542. The molecule has 0 fully saturated rings. The van der Waals surface area contributed by atoms with Gasteiger partial charge in [0, 0.05) is 6.07 Å². The van der Waals surface area contributed by atoms with E-state index in [4.69, 9.17) is 30.2 Å². The zero-order chi connectivity index (χ0) is 20.3. The molecular formula is C21H19ClO6. The molecule has 1 heterocycles. The Balaban J connectivity index is 1.83. The fraction of sp³-hybridized carbons (Fsp3) is 0.238. The first-order valence-electron chi connectivity index (χ1n) is 8.70. The summed E-state index contributed by atoms with van der Waals surface area (Å²) < 4.78 is 21.8. The van der Waals surface area contributed by atoms with Crippen molar-refractivity contribution in [1.82, 2.24) is 0 Å². The Morgan fingerprint density at radius 3 is 2.54 bits per heavy atom. The van der Waals surface area contributed by atoms with Crippen LogP contribution in [0.3, 0.4) is 0 Å². The van der Waals surface area contributed by atoms with E-state index >= 15 is 0 Å². The standard InChI is InChI=1S/C21H19ClO6/c1-12(2)26-21(24)13(3)27-14-8-9-15-18(10-14)25-11-19(20(15)23)28-17-7-5-4-6-16(17)22/h4-13H,1-3H3/t13-/m0/s1. The van der Waals surface area contributed by atoms with Gasteiger partial charge in [-0.1, -0.05) is 23.7 Å². The molecule has 0 saturated carbocycles. The molecule has 3 aromatic rings. The van der Waals surface area contributed by atoms with Crippen molar-refractivity contribution in [3.05, 3.63) is 64.0 Å². The third kappa shape index (κ3) is 4.46. The minimum Gasteiger partial charge on any atom is -0.479 e. The summed E-state index contributed by atoms with van der Waals surface area (Å²) in [6.07, 6.45) is 0.188. The van der Waals surface area contributed by atoms with Crippen LogP contribution in [0, 0.1) is 0 Å². The number of benzene rings is 2. The molecule has 0 spiro atoms. The molecule has 7 heteroatoms. The number of halogens is 1. The van der Waals surface area contributed by atoms with Gasteiger partial charge in [0.2, 0.25) is 11.2 Å². The molecule has 0 saturated heterocycles. The van der Waals surface area contributed by atoms with Crippen LogP contribution in [-0.4, -0.2) is 18.2 Å². The zero-order valence-corrected chi connectivity index (χ0v) is 16.4. The highest BCUT2D eigenvalue weighted by atomic mass is 35.5. The van der Waals surface area contributed by atoms with E-state index in [2.05, 4.69) is 0 Å². The summed E-state index contributed by atoms with van der Waals surface area (Å²) >= 11 is 6.06. The van der Waals surface area contributed by atoms with Crippen LogP contribution in [0.5, 0.6) is 17.2 Å². The number of fused-ring (bicyclic) bond motifs is 1. The maximum atomic E-state index is 12.7. The number of para-hydroxylation sites is 1. The summed E-state index contributed by atoms with van der Waals surface area (Å²) in [7, 11) is 0. The Labute approximate surface area is 166 Å². The first-order valence-corrected chi connectivity index (χ1v) is 9.08. The van der Waals surface area contributed by atoms with E-state index in [1.165, 1.54) is 12.3 Å². The summed E-state index contributed by atoms with van der Waals surface area (Å²) in [6, 6.07) is 11.5. The van der Waals surface area contributed by atoms with Gasteiger partial charge >= 0.3 is 5.97 Å². The molecule has 0 aliphatic carbocycles. The van der Waals surface area contributed by atoms with Gasteiger partial charge in [0.15, 0.2) is 6.10 Å². The van der Waals surface area contributed by atoms with E-state index in [1.54, 1.807) is 57.2 Å². The van der Waals surface area contributed by atoms with Crippen molar-refractivity contribution in [2.24, 2.45) is 0 Å². The van der Waals surface area contributed by atoms with Crippen molar-refractivity contribution in [1.29, 1.82) is 0 Å². The molecule has 0 bridgehead atoms. The fourth-order valence-electron chi connectivity index (χ4n) is 2.46. The highest BCUT2D eigenvalue weighted by Crippen LogP contribution is 2.29. The van der Waals surface area contributed by atoms with Crippen LogP contribution in [0.2, 0.25) is 5.02 Å². The molecule has 146 valence electrons. The smallest absolute Gasteiger partial charge is 0.347 e. The topological polar surface area (TPSA) is 75.0 Å². The van der Waals surface area contributed by atoms with Crippen LogP contribution in [-0.2, 0) is 9.53 Å². The second-order valence-electron chi connectivity index (χ2n) is 6.37. The number of rotatable bonds is 6. The minimum atomic E-state index is -0.797. The lowest BCUT2D eigenvalue weighted by atomic mass is 10.2. The molecular weight excluding hydrogens is 384 g/mol. The third-order valence-corrected chi connectivity index (χ3v) is 4.08. The fourth-order valence-corrected chi connectivity index (χ4v) is 2.64. The third-order valence-electron chi connectivity index (χ3n) is 3.77. The molecule has 0 aliphatic heterocycles. The highest BCUT2D eigenvalue weighted by molar-refractivity contribution is 6.32. The lowest BCUT2D eigenvalue weighted by molar-refractivity contribution is -0.154. The van der Waals surface area contributed by atoms with Crippen molar-refractivity contribution >= 4 is 28.5 Å². The number of ether oxygens (including phenoxy) is 3. The first kappa shape index (κ1) is 19.8. The van der Waals surface area contributed by atoms with Crippen molar-refractivity contribution in [2.45, 2.75) is 33.0 Å². The monoisotopic (exact) mass is 402 g/mol. The lowest BCUT2D eigenvalue weighted by Crippen LogP contribution is -2.28. The van der Waals surface area contributed by atoms with E-state index in [0.29, 0.717) is 27.5 Å². The summed E-state index contributed by atoms with van der Waals surface area (Å²) in [6.45, 7) is 5.11. The number of hydrogen-bond acceptors (Lipinski definition) is 6. The van der Waals surface area contributed by atoms with Gasteiger partial charge in [-0.05, 0) is 45.0 Å². The van der Waals surface area contributed by atoms with Gasteiger partial charge in [-0.2, -0.15) is 0 Å². The second-order valence-corrected chi connectivity index (χ2v) is 6.77. The van der Waals surface area contributed by atoms with E-state index < -0.39 is 12.1 Å². The van der Waals surface area contributed by atoms with E-state index in [-0.39, 0.29) is 17.3 Å². The second kappa shape index (κ2) is 8.35.